The second-order valence-corrected chi connectivity index (χ2v) is 6.83. The fourth-order valence-electron chi connectivity index (χ4n) is 1.34. The summed E-state index contributed by atoms with van der Waals surface area (Å²) in [4.78, 5) is 18.2. The van der Waals surface area contributed by atoms with E-state index in [0.29, 0.717) is 6.42 Å². The summed E-state index contributed by atoms with van der Waals surface area (Å²) in [7, 11) is -3.85. The smallest absolute Gasteiger partial charge is 0.325 e. The Bertz CT molecular complexity index is 416. The zero-order valence-electron chi connectivity index (χ0n) is 9.67. The second-order valence-electron chi connectivity index (χ2n) is 3.92. The van der Waals surface area contributed by atoms with Crippen LogP contribution >= 0.6 is 19.4 Å². The van der Waals surface area contributed by atoms with E-state index in [-0.39, 0.29) is 11.9 Å². The number of hydrogen-bond acceptors (Lipinski definition) is 3. The van der Waals surface area contributed by atoms with Gasteiger partial charge in [-0.3, -0.25) is 4.57 Å². The summed E-state index contributed by atoms with van der Waals surface area (Å²) in [5.41, 5.74) is 1.08. The first kappa shape index (κ1) is 14.6. The molecule has 0 atom stereocenters. The number of thioether (sulfide) groups is 1. The summed E-state index contributed by atoms with van der Waals surface area (Å²) in [6.07, 6.45) is 1.17. The third-order valence-electron chi connectivity index (χ3n) is 2.22. The van der Waals surface area contributed by atoms with Crippen molar-refractivity contribution in [3.05, 3.63) is 23.8 Å². The Morgan fingerprint density at radius 1 is 1.29 bits per heavy atom. The maximum absolute atomic E-state index is 10.6. The number of hydrogen-bond donors (Lipinski definition) is 3. The molecule has 0 bridgehead atoms. The van der Waals surface area contributed by atoms with E-state index < -0.39 is 7.60 Å². The van der Waals surface area contributed by atoms with Gasteiger partial charge >= 0.3 is 7.60 Å². The Morgan fingerprint density at radius 3 is 2.65 bits per heavy atom. The van der Waals surface area contributed by atoms with E-state index in [0.717, 1.165) is 22.6 Å². The monoisotopic (exact) mass is 276 g/mol. The van der Waals surface area contributed by atoms with E-state index in [9.17, 15) is 9.67 Å². The van der Waals surface area contributed by atoms with Crippen LogP contribution in [0, 0.1) is 6.92 Å². The van der Waals surface area contributed by atoms with Crippen LogP contribution in [0.3, 0.4) is 0 Å². The Balaban J connectivity index is 2.31. The van der Waals surface area contributed by atoms with Crippen LogP contribution in [0.5, 0.6) is 5.75 Å². The maximum Gasteiger partial charge on any atom is 0.325 e. The highest BCUT2D eigenvalue weighted by molar-refractivity contribution is 7.99. The summed E-state index contributed by atoms with van der Waals surface area (Å²) < 4.78 is 10.6. The van der Waals surface area contributed by atoms with E-state index in [1.165, 1.54) is 11.8 Å². The zero-order chi connectivity index (χ0) is 12.9. The van der Waals surface area contributed by atoms with Gasteiger partial charge in [0.05, 0.1) is 0 Å². The molecule has 17 heavy (non-hydrogen) atoms. The minimum absolute atomic E-state index is 0.0621. The number of phenolic OH excluding ortho intramolecular Hbond substituents is 1. The highest BCUT2D eigenvalue weighted by atomic mass is 32.2. The number of aryl methyl sites for hydroxylation is 1. The summed E-state index contributed by atoms with van der Waals surface area (Å²) in [6.45, 7) is 1.96. The summed E-state index contributed by atoms with van der Waals surface area (Å²) in [6, 6.07) is 5.41. The summed E-state index contributed by atoms with van der Waals surface area (Å²) >= 11 is 1.51. The van der Waals surface area contributed by atoms with E-state index in [4.69, 9.17) is 9.79 Å². The molecule has 1 aromatic rings. The van der Waals surface area contributed by atoms with Crippen LogP contribution in [0.1, 0.15) is 18.4 Å². The molecule has 96 valence electrons. The Labute approximate surface area is 105 Å². The average Bonchev–Trinajstić information content (AvgIpc) is 2.21. The molecule has 6 heteroatoms. The van der Waals surface area contributed by atoms with E-state index in [1.54, 1.807) is 6.07 Å². The number of aromatic hydroxyl groups is 1. The van der Waals surface area contributed by atoms with Crippen LogP contribution in [-0.4, -0.2) is 26.8 Å². The van der Waals surface area contributed by atoms with Gasteiger partial charge in [-0.05, 0) is 43.2 Å². The van der Waals surface area contributed by atoms with E-state index in [2.05, 4.69) is 0 Å². The lowest BCUT2D eigenvalue weighted by atomic mass is 10.2. The van der Waals surface area contributed by atoms with Gasteiger partial charge < -0.3 is 14.9 Å². The lowest BCUT2D eigenvalue weighted by Gasteiger charge is -2.06. The van der Waals surface area contributed by atoms with Crippen LogP contribution in [0.15, 0.2) is 23.1 Å². The van der Waals surface area contributed by atoms with Crippen molar-refractivity contribution in [2.75, 3.05) is 11.9 Å². The minimum atomic E-state index is -3.85. The van der Waals surface area contributed by atoms with Gasteiger partial charge in [0.15, 0.2) is 0 Å². The van der Waals surface area contributed by atoms with Crippen molar-refractivity contribution in [1.82, 2.24) is 0 Å². The van der Waals surface area contributed by atoms with Gasteiger partial charge in [-0.25, -0.2) is 0 Å². The van der Waals surface area contributed by atoms with Gasteiger partial charge in [0.1, 0.15) is 5.75 Å². The zero-order valence-corrected chi connectivity index (χ0v) is 11.4. The highest BCUT2D eigenvalue weighted by Crippen LogP contribution is 2.36. The van der Waals surface area contributed by atoms with Crippen LogP contribution in [0.4, 0.5) is 0 Å². The van der Waals surface area contributed by atoms with Crippen molar-refractivity contribution in [3.63, 3.8) is 0 Å². The second kappa shape index (κ2) is 6.45. The first-order valence-electron chi connectivity index (χ1n) is 5.35. The third-order valence-corrected chi connectivity index (χ3v) is 4.25. The molecular formula is C11H17O4PS. The molecule has 1 aromatic carbocycles. The van der Waals surface area contributed by atoms with Gasteiger partial charge in [-0.1, -0.05) is 6.07 Å². The van der Waals surface area contributed by atoms with Crippen LogP contribution in [-0.2, 0) is 4.57 Å². The average molecular weight is 276 g/mol. The van der Waals surface area contributed by atoms with Crippen molar-refractivity contribution in [2.24, 2.45) is 0 Å². The molecule has 1 rings (SSSR count). The molecule has 4 nitrogen and oxygen atoms in total. The van der Waals surface area contributed by atoms with Gasteiger partial charge in [-0.2, -0.15) is 0 Å². The molecule has 0 heterocycles. The predicted octanol–water partition coefficient (Wildman–Crippen LogP) is 2.75. The topological polar surface area (TPSA) is 77.8 Å². The van der Waals surface area contributed by atoms with Crippen molar-refractivity contribution in [1.29, 1.82) is 0 Å². The van der Waals surface area contributed by atoms with Crippen molar-refractivity contribution in [2.45, 2.75) is 24.7 Å². The first-order chi connectivity index (χ1) is 7.88. The normalized spacial score (nSPS) is 11.7. The van der Waals surface area contributed by atoms with E-state index >= 15 is 0 Å². The molecule has 0 aromatic heterocycles. The van der Waals surface area contributed by atoms with Gasteiger partial charge in [0.25, 0.3) is 0 Å². The summed E-state index contributed by atoms with van der Waals surface area (Å²) in [5, 5.41) is 9.58. The molecule has 0 aliphatic rings. The number of phenols is 1. The lowest BCUT2D eigenvalue weighted by molar-refractivity contribution is 0.371. The molecule has 3 N–H and O–H groups in total. The van der Waals surface area contributed by atoms with Crippen molar-refractivity contribution < 1.29 is 19.5 Å². The fourth-order valence-corrected chi connectivity index (χ4v) is 3.03. The van der Waals surface area contributed by atoms with Gasteiger partial charge in [0.2, 0.25) is 0 Å². The lowest BCUT2D eigenvalue weighted by Crippen LogP contribution is -1.89. The van der Waals surface area contributed by atoms with Crippen LogP contribution in [0.25, 0.3) is 0 Å². The number of unbranched alkanes of at least 4 members (excludes halogenated alkanes) is 1. The number of rotatable bonds is 6. The largest absolute Gasteiger partial charge is 0.507 e. The predicted molar refractivity (Wildman–Crippen MR) is 69.7 cm³/mol. The molecule has 0 aliphatic carbocycles. The van der Waals surface area contributed by atoms with E-state index in [1.807, 2.05) is 19.1 Å². The van der Waals surface area contributed by atoms with Crippen LogP contribution in [0.2, 0.25) is 0 Å². The third kappa shape index (κ3) is 6.13. The Morgan fingerprint density at radius 2 is 2.00 bits per heavy atom. The molecule has 0 spiro atoms. The highest BCUT2D eigenvalue weighted by Gasteiger charge is 2.11. The molecule has 0 aliphatic heterocycles. The Hall–Kier alpha value is -0.480. The molecule has 0 fully saturated rings. The Kier molecular flexibility index (Phi) is 5.53. The van der Waals surface area contributed by atoms with Gasteiger partial charge in [-0.15, -0.1) is 11.8 Å². The number of benzene rings is 1. The molecule has 0 radical (unpaired) electrons. The standard InChI is InChI=1S/C11H17O4PS/c1-9-4-5-10(12)11(8-9)17-7-3-2-6-16(13,14)15/h4-5,8,12H,2-3,6-7H2,1H3,(H2,13,14,15). The molecule has 0 unspecified atom stereocenters. The van der Waals surface area contributed by atoms with Crippen LogP contribution < -0.4 is 0 Å². The molecule has 0 saturated heterocycles. The molecule has 0 saturated carbocycles. The quantitative estimate of drug-likeness (QED) is 0.423. The fraction of sp³-hybridized carbons (Fsp3) is 0.455. The SMILES string of the molecule is Cc1ccc(O)c(SCCCCP(=O)(O)O)c1. The first-order valence-corrected chi connectivity index (χ1v) is 8.14. The molecule has 0 amide bonds. The molecular weight excluding hydrogens is 259 g/mol. The maximum atomic E-state index is 10.6. The summed E-state index contributed by atoms with van der Waals surface area (Å²) in [5.74, 6) is 1.01. The van der Waals surface area contributed by atoms with Crippen molar-refractivity contribution in [3.8, 4) is 5.75 Å². The van der Waals surface area contributed by atoms with Crippen molar-refractivity contribution >= 4 is 19.4 Å². The minimum Gasteiger partial charge on any atom is -0.507 e. The van der Waals surface area contributed by atoms with Gasteiger partial charge in [0, 0.05) is 11.1 Å².